The van der Waals surface area contributed by atoms with E-state index in [1.54, 1.807) is 0 Å². The SMILES string of the molecule is CCCCCCCCCCCCCCC(=O)O[C@H](COC(=O)CCCCCCCCCCC(C)C)COP(=O)(O)OC[C@@H](O)COP(=O)(O)OC[C@@H](COC(=O)CCCCCCCCC)OC(=O)CCCCCCCCCCCCC. The molecule has 0 rings (SSSR count). The van der Waals surface area contributed by atoms with Gasteiger partial charge < -0.3 is 33.8 Å². The lowest BCUT2D eigenvalue weighted by Gasteiger charge is -2.21. The largest absolute Gasteiger partial charge is 0.472 e. The van der Waals surface area contributed by atoms with Crippen molar-refractivity contribution in [2.45, 2.75) is 329 Å². The fraction of sp³-hybridized carbons (Fsp3) is 0.935. The molecule has 480 valence electrons. The number of carbonyl (C=O) groups is 4. The number of unbranched alkanes of at least 4 members (excludes halogenated alkanes) is 34. The van der Waals surface area contributed by atoms with Crippen LogP contribution >= 0.6 is 15.6 Å². The van der Waals surface area contributed by atoms with Gasteiger partial charge in [0.25, 0.3) is 0 Å². The number of aliphatic hydroxyl groups excluding tert-OH is 1. The second kappa shape index (κ2) is 55.9. The molecule has 0 aliphatic rings. The smallest absolute Gasteiger partial charge is 0.462 e. The summed E-state index contributed by atoms with van der Waals surface area (Å²) in [7, 11) is -9.88. The molecule has 3 N–H and O–H groups in total. The molecule has 0 spiro atoms. The van der Waals surface area contributed by atoms with Gasteiger partial charge in [0, 0.05) is 25.7 Å². The van der Waals surface area contributed by atoms with E-state index in [0.717, 1.165) is 109 Å². The molecule has 0 aromatic carbocycles. The third kappa shape index (κ3) is 56.9. The van der Waals surface area contributed by atoms with Crippen molar-refractivity contribution in [3.63, 3.8) is 0 Å². The Balaban J connectivity index is 5.22. The average Bonchev–Trinajstić information content (AvgIpc) is 3.43. The number of carbonyl (C=O) groups excluding carboxylic acids is 4. The van der Waals surface area contributed by atoms with E-state index in [1.807, 2.05) is 0 Å². The van der Waals surface area contributed by atoms with Crippen molar-refractivity contribution in [3.8, 4) is 0 Å². The average molecular weight is 1200 g/mol. The van der Waals surface area contributed by atoms with E-state index in [-0.39, 0.29) is 25.7 Å². The molecule has 0 bridgehead atoms. The van der Waals surface area contributed by atoms with E-state index in [2.05, 4.69) is 34.6 Å². The third-order valence-corrected chi connectivity index (χ3v) is 16.2. The van der Waals surface area contributed by atoms with Gasteiger partial charge in [0.2, 0.25) is 0 Å². The first-order valence-electron chi connectivity index (χ1n) is 32.6. The zero-order valence-corrected chi connectivity index (χ0v) is 53.7. The molecular formula is C62H120O17P2. The van der Waals surface area contributed by atoms with Crippen LogP contribution in [-0.4, -0.2) is 96.7 Å². The lowest BCUT2D eigenvalue weighted by atomic mass is 10.0. The molecule has 0 amide bonds. The van der Waals surface area contributed by atoms with Gasteiger partial charge in [0.15, 0.2) is 12.2 Å². The summed E-state index contributed by atoms with van der Waals surface area (Å²) in [5.41, 5.74) is 0. The summed E-state index contributed by atoms with van der Waals surface area (Å²) in [6.45, 7) is 7.10. The van der Waals surface area contributed by atoms with Gasteiger partial charge in [-0.3, -0.25) is 37.3 Å². The third-order valence-electron chi connectivity index (χ3n) is 14.3. The number of hydrogen-bond acceptors (Lipinski definition) is 15. The molecule has 0 fully saturated rings. The second-order valence-corrected chi connectivity index (χ2v) is 25.8. The van der Waals surface area contributed by atoms with Crippen LogP contribution in [0.3, 0.4) is 0 Å². The molecule has 17 nitrogen and oxygen atoms in total. The standard InChI is InChI=1S/C62H120O17P2/c1-6-9-12-15-18-20-22-24-26-33-38-43-48-62(67)79-58(52-73-60(65)46-41-36-31-28-27-30-34-39-44-55(4)5)54-77-81(70,71)75-50-56(63)49-74-80(68,69)76-53-57(51-72-59(64)45-40-35-29-17-14-11-8-3)78-61(66)47-42-37-32-25-23-21-19-16-13-10-7-2/h55-58,63H,6-54H2,1-5H3,(H,68,69)(H,70,71)/t56-,57+,58+/m0/s1. The van der Waals surface area contributed by atoms with Crippen LogP contribution in [0.5, 0.6) is 0 Å². The summed E-state index contributed by atoms with van der Waals surface area (Å²) in [5, 5.41) is 10.5. The summed E-state index contributed by atoms with van der Waals surface area (Å²) in [5.74, 6) is -1.41. The molecular weight excluding hydrogens is 1080 g/mol. The molecule has 19 heteroatoms. The highest BCUT2D eigenvalue weighted by Gasteiger charge is 2.30. The maximum Gasteiger partial charge on any atom is 0.472 e. The summed E-state index contributed by atoms with van der Waals surface area (Å²) in [6.07, 6.45) is 39.0. The molecule has 0 aromatic rings. The van der Waals surface area contributed by atoms with E-state index in [0.29, 0.717) is 25.7 Å². The Morgan fingerprint density at radius 2 is 0.568 bits per heavy atom. The molecule has 81 heavy (non-hydrogen) atoms. The van der Waals surface area contributed by atoms with Gasteiger partial charge in [0.1, 0.15) is 19.3 Å². The first kappa shape index (κ1) is 79.1. The number of phosphoric acid groups is 2. The molecule has 0 saturated heterocycles. The number of ether oxygens (including phenoxy) is 4. The van der Waals surface area contributed by atoms with Crippen molar-refractivity contribution in [1.29, 1.82) is 0 Å². The first-order valence-corrected chi connectivity index (χ1v) is 35.6. The Bertz CT molecular complexity index is 1580. The highest BCUT2D eigenvalue weighted by Crippen LogP contribution is 2.45. The van der Waals surface area contributed by atoms with Gasteiger partial charge in [-0.05, 0) is 31.6 Å². The highest BCUT2D eigenvalue weighted by molar-refractivity contribution is 7.47. The first-order chi connectivity index (χ1) is 39.0. The Morgan fingerprint density at radius 3 is 0.840 bits per heavy atom. The van der Waals surface area contributed by atoms with E-state index in [9.17, 15) is 43.2 Å². The molecule has 2 unspecified atom stereocenters. The van der Waals surface area contributed by atoms with Crippen molar-refractivity contribution in [1.82, 2.24) is 0 Å². The molecule has 5 atom stereocenters. The van der Waals surface area contributed by atoms with Gasteiger partial charge in [0.05, 0.1) is 26.4 Å². The van der Waals surface area contributed by atoms with Gasteiger partial charge >= 0.3 is 39.5 Å². The van der Waals surface area contributed by atoms with Crippen LogP contribution in [0.1, 0.15) is 311 Å². The highest BCUT2D eigenvalue weighted by atomic mass is 31.2. The fourth-order valence-corrected chi connectivity index (χ4v) is 10.8. The van der Waals surface area contributed by atoms with E-state index in [4.69, 9.17) is 37.0 Å². The zero-order chi connectivity index (χ0) is 59.9. The van der Waals surface area contributed by atoms with E-state index in [1.165, 1.54) is 122 Å². The van der Waals surface area contributed by atoms with Crippen molar-refractivity contribution < 1.29 is 80.2 Å². The summed E-state index contributed by atoms with van der Waals surface area (Å²) in [4.78, 5) is 72.0. The lowest BCUT2D eigenvalue weighted by Crippen LogP contribution is -2.30. The van der Waals surface area contributed by atoms with Crippen molar-refractivity contribution in [2.75, 3.05) is 39.6 Å². The van der Waals surface area contributed by atoms with Crippen molar-refractivity contribution >= 4 is 39.5 Å². The van der Waals surface area contributed by atoms with Gasteiger partial charge in [-0.15, -0.1) is 0 Å². The number of esters is 4. The number of aliphatic hydroxyl groups is 1. The minimum atomic E-state index is -4.94. The van der Waals surface area contributed by atoms with Crippen LogP contribution in [0.15, 0.2) is 0 Å². The molecule has 0 aromatic heterocycles. The normalized spacial score (nSPS) is 14.3. The van der Waals surface area contributed by atoms with E-state index < -0.39 is 97.5 Å². The predicted molar refractivity (Wildman–Crippen MR) is 322 cm³/mol. The number of hydrogen-bond donors (Lipinski definition) is 3. The van der Waals surface area contributed by atoms with Crippen LogP contribution < -0.4 is 0 Å². The van der Waals surface area contributed by atoms with Gasteiger partial charge in [-0.1, -0.05) is 259 Å². The lowest BCUT2D eigenvalue weighted by molar-refractivity contribution is -0.161. The Morgan fingerprint density at radius 1 is 0.333 bits per heavy atom. The maximum atomic E-state index is 12.9. The molecule has 0 saturated carbocycles. The summed E-state index contributed by atoms with van der Waals surface area (Å²) in [6, 6.07) is 0. The summed E-state index contributed by atoms with van der Waals surface area (Å²) >= 11 is 0. The summed E-state index contributed by atoms with van der Waals surface area (Å²) < 4.78 is 67.8. The predicted octanol–water partition coefficient (Wildman–Crippen LogP) is 17.0. The van der Waals surface area contributed by atoms with E-state index >= 15 is 0 Å². The van der Waals surface area contributed by atoms with Crippen LogP contribution in [0.4, 0.5) is 0 Å². The molecule has 0 aliphatic carbocycles. The minimum absolute atomic E-state index is 0.106. The zero-order valence-electron chi connectivity index (χ0n) is 51.9. The molecule has 0 radical (unpaired) electrons. The molecule has 0 aliphatic heterocycles. The second-order valence-electron chi connectivity index (χ2n) is 22.9. The number of rotatable bonds is 62. The topological polar surface area (TPSA) is 237 Å². The fourth-order valence-electron chi connectivity index (χ4n) is 9.23. The van der Waals surface area contributed by atoms with Crippen LogP contribution in [0.2, 0.25) is 0 Å². The van der Waals surface area contributed by atoms with Crippen LogP contribution in [-0.2, 0) is 65.4 Å². The molecule has 0 heterocycles. The van der Waals surface area contributed by atoms with Crippen LogP contribution in [0, 0.1) is 5.92 Å². The Hall–Kier alpha value is -1.94. The monoisotopic (exact) mass is 1200 g/mol. The minimum Gasteiger partial charge on any atom is -0.462 e. The van der Waals surface area contributed by atoms with Crippen LogP contribution in [0.25, 0.3) is 0 Å². The van der Waals surface area contributed by atoms with Crippen molar-refractivity contribution in [2.24, 2.45) is 5.92 Å². The van der Waals surface area contributed by atoms with Gasteiger partial charge in [-0.2, -0.15) is 0 Å². The Labute approximate surface area is 492 Å². The quantitative estimate of drug-likeness (QED) is 0.0222. The van der Waals surface area contributed by atoms with Gasteiger partial charge in [-0.25, -0.2) is 9.13 Å². The maximum absolute atomic E-state index is 12.9. The Kier molecular flexibility index (Phi) is 54.6. The van der Waals surface area contributed by atoms with Crippen molar-refractivity contribution in [3.05, 3.63) is 0 Å². The number of phosphoric ester groups is 2.